The Morgan fingerprint density at radius 3 is 2.28 bits per heavy atom. The molecule has 0 aromatic heterocycles. The van der Waals surface area contributed by atoms with Gasteiger partial charge in [0.1, 0.15) is 0 Å². The minimum atomic E-state index is -3.56. The van der Waals surface area contributed by atoms with Gasteiger partial charge in [0.05, 0.1) is 4.90 Å². The van der Waals surface area contributed by atoms with Crippen LogP contribution in [0.15, 0.2) is 17.0 Å². The van der Waals surface area contributed by atoms with Gasteiger partial charge in [-0.05, 0) is 50.5 Å². The highest BCUT2D eigenvalue weighted by Crippen LogP contribution is 2.26. The summed E-state index contributed by atoms with van der Waals surface area (Å²) in [5.74, 6) is -0.160. The molecule has 0 aliphatic heterocycles. The second-order valence-electron chi connectivity index (χ2n) is 6.07. The molecule has 0 heterocycles. The van der Waals surface area contributed by atoms with Crippen molar-refractivity contribution < 1.29 is 13.2 Å². The Labute approximate surface area is 157 Å². The second-order valence-corrected chi connectivity index (χ2v) is 8.00. The summed E-state index contributed by atoms with van der Waals surface area (Å²) >= 11 is 0. The molecule has 1 aromatic carbocycles. The van der Waals surface area contributed by atoms with Gasteiger partial charge in [-0.3, -0.25) is 4.79 Å². The summed E-state index contributed by atoms with van der Waals surface area (Å²) in [6, 6.07) is 3.15. The SMILES string of the molecule is CCN(CC)S(=O)(=O)c1cc(C)c(C)c(NC(=O)CCC(C)N)c1.Cl. The molecular formula is C17H30ClN3O3S. The fourth-order valence-corrected chi connectivity index (χ4v) is 3.96. The largest absolute Gasteiger partial charge is 0.328 e. The number of anilines is 1. The van der Waals surface area contributed by atoms with Gasteiger partial charge in [0.25, 0.3) is 0 Å². The average molecular weight is 392 g/mol. The van der Waals surface area contributed by atoms with Crippen LogP contribution in [-0.4, -0.2) is 37.8 Å². The molecule has 0 spiro atoms. The molecular weight excluding hydrogens is 362 g/mol. The van der Waals surface area contributed by atoms with E-state index >= 15 is 0 Å². The van der Waals surface area contributed by atoms with E-state index in [-0.39, 0.29) is 29.3 Å². The first-order chi connectivity index (χ1) is 11.1. The highest BCUT2D eigenvalue weighted by Gasteiger charge is 2.23. The van der Waals surface area contributed by atoms with Gasteiger partial charge in [0, 0.05) is 31.2 Å². The number of halogens is 1. The van der Waals surface area contributed by atoms with Crippen molar-refractivity contribution in [3.05, 3.63) is 23.3 Å². The predicted octanol–water partition coefficient (Wildman–Crippen LogP) is 2.82. The lowest BCUT2D eigenvalue weighted by Crippen LogP contribution is -2.30. The summed E-state index contributed by atoms with van der Waals surface area (Å²) in [4.78, 5) is 12.3. The van der Waals surface area contributed by atoms with Crippen LogP contribution in [0.3, 0.4) is 0 Å². The quantitative estimate of drug-likeness (QED) is 0.712. The minimum Gasteiger partial charge on any atom is -0.328 e. The smallest absolute Gasteiger partial charge is 0.243 e. The molecule has 1 atom stereocenters. The lowest BCUT2D eigenvalue weighted by atomic mass is 10.1. The Morgan fingerprint density at radius 1 is 1.24 bits per heavy atom. The first kappa shape index (κ1) is 23.9. The third kappa shape index (κ3) is 6.26. The molecule has 6 nitrogen and oxygen atoms in total. The third-order valence-corrected chi connectivity index (χ3v) is 6.11. The fraction of sp³-hybridized carbons (Fsp3) is 0.588. The van der Waals surface area contributed by atoms with Crippen molar-refractivity contribution in [1.82, 2.24) is 4.31 Å². The Morgan fingerprint density at radius 2 is 1.80 bits per heavy atom. The first-order valence-electron chi connectivity index (χ1n) is 8.30. The van der Waals surface area contributed by atoms with Gasteiger partial charge in [-0.1, -0.05) is 13.8 Å². The molecule has 1 amide bonds. The normalized spacial score (nSPS) is 12.6. The van der Waals surface area contributed by atoms with Crippen molar-refractivity contribution in [2.24, 2.45) is 5.73 Å². The molecule has 1 rings (SSSR count). The zero-order valence-corrected chi connectivity index (χ0v) is 17.3. The Hall–Kier alpha value is -1.15. The van der Waals surface area contributed by atoms with Gasteiger partial charge in [-0.25, -0.2) is 8.42 Å². The van der Waals surface area contributed by atoms with Gasteiger partial charge in [0.2, 0.25) is 15.9 Å². The number of carbonyl (C=O) groups is 1. The molecule has 8 heteroatoms. The molecule has 0 bridgehead atoms. The summed E-state index contributed by atoms with van der Waals surface area (Å²) in [7, 11) is -3.56. The van der Waals surface area contributed by atoms with Crippen LogP contribution in [0, 0.1) is 13.8 Å². The van der Waals surface area contributed by atoms with Crippen molar-refractivity contribution in [1.29, 1.82) is 0 Å². The summed E-state index contributed by atoms with van der Waals surface area (Å²) < 4.78 is 26.8. The van der Waals surface area contributed by atoms with Crippen LogP contribution in [0.2, 0.25) is 0 Å². The van der Waals surface area contributed by atoms with Crippen LogP contribution < -0.4 is 11.1 Å². The van der Waals surface area contributed by atoms with Gasteiger partial charge in [-0.2, -0.15) is 4.31 Å². The molecule has 0 aliphatic rings. The summed E-state index contributed by atoms with van der Waals surface area (Å²) in [5, 5.41) is 2.82. The zero-order valence-electron chi connectivity index (χ0n) is 15.6. The number of rotatable bonds is 8. The van der Waals surface area contributed by atoms with Crippen LogP contribution in [0.5, 0.6) is 0 Å². The molecule has 1 aromatic rings. The van der Waals surface area contributed by atoms with Gasteiger partial charge in [0.15, 0.2) is 0 Å². The maximum Gasteiger partial charge on any atom is 0.243 e. The van der Waals surface area contributed by atoms with Crippen molar-refractivity contribution in [3.63, 3.8) is 0 Å². The monoisotopic (exact) mass is 391 g/mol. The zero-order chi connectivity index (χ0) is 18.5. The number of carbonyl (C=O) groups excluding carboxylic acids is 1. The number of sulfonamides is 1. The van der Waals surface area contributed by atoms with Crippen LogP contribution >= 0.6 is 12.4 Å². The van der Waals surface area contributed by atoms with E-state index in [9.17, 15) is 13.2 Å². The van der Waals surface area contributed by atoms with E-state index in [1.807, 2.05) is 20.8 Å². The number of nitrogens with two attached hydrogens (primary N) is 1. The third-order valence-electron chi connectivity index (χ3n) is 4.08. The maximum absolute atomic E-state index is 12.7. The number of amides is 1. The molecule has 144 valence electrons. The molecule has 3 N–H and O–H groups in total. The van der Waals surface area contributed by atoms with Gasteiger partial charge >= 0.3 is 0 Å². The number of aryl methyl sites for hydroxylation is 1. The predicted molar refractivity (Wildman–Crippen MR) is 105 cm³/mol. The summed E-state index contributed by atoms with van der Waals surface area (Å²) in [6.45, 7) is 9.97. The summed E-state index contributed by atoms with van der Waals surface area (Å²) in [6.07, 6.45) is 0.893. The number of hydrogen-bond donors (Lipinski definition) is 2. The van der Waals surface area contributed by atoms with Crippen LogP contribution in [0.4, 0.5) is 5.69 Å². The lowest BCUT2D eigenvalue weighted by molar-refractivity contribution is -0.116. The lowest BCUT2D eigenvalue weighted by Gasteiger charge is -2.20. The number of benzene rings is 1. The van der Waals surface area contributed by atoms with Crippen molar-refractivity contribution in [2.75, 3.05) is 18.4 Å². The molecule has 0 aliphatic carbocycles. The standard InChI is InChI=1S/C17H29N3O3S.ClH/c1-6-20(7-2)24(22,23)15-10-12(3)14(5)16(11-15)19-17(21)9-8-13(4)18;/h10-11,13H,6-9,18H2,1-5H3,(H,19,21);1H. The van der Waals surface area contributed by atoms with E-state index in [2.05, 4.69) is 5.32 Å². The molecule has 0 saturated heterocycles. The maximum atomic E-state index is 12.7. The van der Waals surface area contributed by atoms with Crippen LogP contribution in [0.25, 0.3) is 0 Å². The second kappa shape index (κ2) is 10.1. The van der Waals surface area contributed by atoms with Crippen LogP contribution in [-0.2, 0) is 14.8 Å². The minimum absolute atomic E-state index is 0. The topological polar surface area (TPSA) is 92.5 Å². The van der Waals surface area contributed by atoms with Crippen molar-refractivity contribution >= 4 is 34.0 Å². The molecule has 0 radical (unpaired) electrons. The van der Waals surface area contributed by atoms with E-state index in [4.69, 9.17) is 5.73 Å². The van der Waals surface area contributed by atoms with E-state index in [0.29, 0.717) is 31.6 Å². The molecule has 0 fully saturated rings. The van der Waals surface area contributed by atoms with E-state index in [1.165, 1.54) is 4.31 Å². The van der Waals surface area contributed by atoms with Crippen molar-refractivity contribution in [3.8, 4) is 0 Å². The fourth-order valence-electron chi connectivity index (χ4n) is 2.39. The number of hydrogen-bond acceptors (Lipinski definition) is 4. The van der Waals surface area contributed by atoms with E-state index in [0.717, 1.165) is 11.1 Å². The van der Waals surface area contributed by atoms with Gasteiger partial charge in [-0.15, -0.1) is 12.4 Å². The average Bonchev–Trinajstić information content (AvgIpc) is 2.50. The Bertz CT molecular complexity index is 687. The Kier molecular flexibility index (Phi) is 9.64. The molecule has 0 saturated carbocycles. The first-order valence-corrected chi connectivity index (χ1v) is 9.74. The van der Waals surface area contributed by atoms with E-state index < -0.39 is 10.0 Å². The molecule has 1 unspecified atom stereocenters. The van der Waals surface area contributed by atoms with Gasteiger partial charge < -0.3 is 11.1 Å². The molecule has 25 heavy (non-hydrogen) atoms. The summed E-state index contributed by atoms with van der Waals surface area (Å²) in [5.41, 5.74) is 7.89. The highest BCUT2D eigenvalue weighted by atomic mass is 35.5. The Balaban J connectivity index is 0.00000576. The van der Waals surface area contributed by atoms with E-state index in [1.54, 1.807) is 26.0 Å². The van der Waals surface area contributed by atoms with Crippen LogP contribution in [0.1, 0.15) is 44.7 Å². The number of nitrogens with zero attached hydrogens (tertiary/aromatic N) is 1. The number of nitrogens with one attached hydrogen (secondary N) is 1. The van der Waals surface area contributed by atoms with Crippen molar-refractivity contribution in [2.45, 2.75) is 58.4 Å². The highest BCUT2D eigenvalue weighted by molar-refractivity contribution is 7.89.